The van der Waals surface area contributed by atoms with Crippen LogP contribution in [0.5, 0.6) is 0 Å². The monoisotopic (exact) mass is 250 g/mol. The third-order valence-corrected chi connectivity index (χ3v) is 3.66. The molecule has 18 heavy (non-hydrogen) atoms. The molecule has 1 saturated heterocycles. The molecule has 0 spiro atoms. The van der Waals surface area contributed by atoms with Gasteiger partial charge >= 0.3 is 0 Å². The van der Waals surface area contributed by atoms with Crippen molar-refractivity contribution in [1.29, 1.82) is 0 Å². The molecule has 100 valence electrons. The van der Waals surface area contributed by atoms with Gasteiger partial charge in [-0.1, -0.05) is 0 Å². The zero-order chi connectivity index (χ0) is 13.3. The predicted octanol–water partition coefficient (Wildman–Crippen LogP) is 1.07. The largest absolute Gasteiger partial charge is 0.334 e. The molecular weight excluding hydrogens is 228 g/mol. The zero-order valence-corrected chi connectivity index (χ0v) is 11.4. The smallest absolute Gasteiger partial charge is 0.257 e. The Morgan fingerprint density at radius 3 is 2.83 bits per heavy atom. The highest BCUT2D eigenvalue weighted by molar-refractivity contribution is 5.95. The molecule has 0 bridgehead atoms. The van der Waals surface area contributed by atoms with Crippen molar-refractivity contribution in [3.05, 3.63) is 17.5 Å². The van der Waals surface area contributed by atoms with Gasteiger partial charge in [-0.15, -0.1) is 0 Å². The SMILES string of the molecule is Cc1nn(C)cc1C(=O)N1CCCCC1C(C)N. The van der Waals surface area contributed by atoms with Crippen molar-refractivity contribution in [2.24, 2.45) is 12.8 Å². The van der Waals surface area contributed by atoms with Crippen LogP contribution < -0.4 is 5.73 Å². The van der Waals surface area contributed by atoms with Gasteiger partial charge in [-0.05, 0) is 33.1 Å². The van der Waals surface area contributed by atoms with Crippen LogP contribution in [0.4, 0.5) is 0 Å². The minimum absolute atomic E-state index is 0.0197. The third kappa shape index (κ3) is 2.41. The van der Waals surface area contributed by atoms with Crippen molar-refractivity contribution in [2.75, 3.05) is 6.54 Å². The van der Waals surface area contributed by atoms with Crippen LogP contribution in [0.3, 0.4) is 0 Å². The third-order valence-electron chi connectivity index (χ3n) is 3.66. The first kappa shape index (κ1) is 13.1. The van der Waals surface area contributed by atoms with Crippen molar-refractivity contribution in [3.63, 3.8) is 0 Å². The van der Waals surface area contributed by atoms with Crippen molar-refractivity contribution < 1.29 is 4.79 Å². The molecular formula is C13H22N4O. The number of likely N-dealkylation sites (tertiary alicyclic amines) is 1. The molecule has 1 aromatic rings. The first-order chi connectivity index (χ1) is 8.50. The van der Waals surface area contributed by atoms with Crippen LogP contribution in [0.2, 0.25) is 0 Å². The summed E-state index contributed by atoms with van der Waals surface area (Å²) in [5.41, 5.74) is 7.49. The number of piperidine rings is 1. The predicted molar refractivity (Wildman–Crippen MR) is 70.3 cm³/mol. The zero-order valence-electron chi connectivity index (χ0n) is 11.4. The van der Waals surface area contributed by atoms with Gasteiger partial charge < -0.3 is 10.6 Å². The summed E-state index contributed by atoms with van der Waals surface area (Å²) in [7, 11) is 1.84. The minimum atomic E-state index is 0.0197. The molecule has 2 atom stereocenters. The summed E-state index contributed by atoms with van der Waals surface area (Å²) >= 11 is 0. The molecule has 2 N–H and O–H groups in total. The summed E-state index contributed by atoms with van der Waals surface area (Å²) in [6, 6.07) is 0.178. The standard InChI is InChI=1S/C13H22N4O/c1-9(14)12-6-4-5-7-17(12)13(18)11-8-16(3)15-10(11)2/h8-9,12H,4-7,14H2,1-3H3. The van der Waals surface area contributed by atoms with Gasteiger partial charge in [0.1, 0.15) is 0 Å². The van der Waals surface area contributed by atoms with E-state index in [2.05, 4.69) is 5.10 Å². The fraction of sp³-hybridized carbons (Fsp3) is 0.692. The van der Waals surface area contributed by atoms with Gasteiger partial charge in [0.25, 0.3) is 5.91 Å². The lowest BCUT2D eigenvalue weighted by molar-refractivity contribution is 0.0583. The number of hydrogen-bond acceptors (Lipinski definition) is 3. The highest BCUT2D eigenvalue weighted by Crippen LogP contribution is 2.22. The normalized spacial score (nSPS) is 22.0. The Balaban J connectivity index is 2.23. The molecule has 5 heteroatoms. The highest BCUT2D eigenvalue weighted by atomic mass is 16.2. The van der Waals surface area contributed by atoms with E-state index in [9.17, 15) is 4.79 Å². The number of carbonyl (C=O) groups excluding carboxylic acids is 1. The van der Waals surface area contributed by atoms with Gasteiger partial charge in [-0.2, -0.15) is 5.10 Å². The van der Waals surface area contributed by atoms with E-state index in [0.717, 1.165) is 31.5 Å². The van der Waals surface area contributed by atoms with Crippen LogP contribution >= 0.6 is 0 Å². The van der Waals surface area contributed by atoms with E-state index in [0.29, 0.717) is 5.56 Å². The molecule has 0 saturated carbocycles. The number of aromatic nitrogens is 2. The number of nitrogens with zero attached hydrogens (tertiary/aromatic N) is 3. The summed E-state index contributed by atoms with van der Waals surface area (Å²) in [5.74, 6) is 0.0719. The second-order valence-electron chi connectivity index (χ2n) is 5.22. The Labute approximate surface area is 108 Å². The molecule has 1 fully saturated rings. The maximum Gasteiger partial charge on any atom is 0.257 e. The molecule has 0 aliphatic carbocycles. The Hall–Kier alpha value is -1.36. The molecule has 1 aliphatic heterocycles. The van der Waals surface area contributed by atoms with Crippen LogP contribution in [-0.4, -0.2) is 39.2 Å². The first-order valence-corrected chi connectivity index (χ1v) is 6.57. The number of nitrogens with two attached hydrogens (primary N) is 1. The van der Waals surface area contributed by atoms with E-state index in [1.807, 2.05) is 25.8 Å². The molecule has 2 rings (SSSR count). The molecule has 5 nitrogen and oxygen atoms in total. The molecule has 0 radical (unpaired) electrons. The lowest BCUT2D eigenvalue weighted by Gasteiger charge is -2.38. The minimum Gasteiger partial charge on any atom is -0.334 e. The van der Waals surface area contributed by atoms with Gasteiger partial charge in [0.2, 0.25) is 0 Å². The van der Waals surface area contributed by atoms with E-state index >= 15 is 0 Å². The molecule has 0 aromatic carbocycles. The van der Waals surface area contributed by atoms with Gasteiger partial charge in [0.05, 0.1) is 11.3 Å². The Bertz CT molecular complexity index is 438. The number of hydrogen-bond donors (Lipinski definition) is 1. The van der Waals surface area contributed by atoms with Gasteiger partial charge in [-0.3, -0.25) is 9.48 Å². The van der Waals surface area contributed by atoms with Crippen molar-refractivity contribution >= 4 is 5.91 Å². The van der Waals surface area contributed by atoms with Crippen LogP contribution in [0, 0.1) is 6.92 Å². The lowest BCUT2D eigenvalue weighted by Crippen LogP contribution is -2.51. The number of rotatable bonds is 2. The van der Waals surface area contributed by atoms with Gasteiger partial charge in [0, 0.05) is 31.9 Å². The molecule has 1 aliphatic rings. The second-order valence-corrected chi connectivity index (χ2v) is 5.22. The van der Waals surface area contributed by atoms with Crippen molar-refractivity contribution in [3.8, 4) is 0 Å². The fourth-order valence-corrected chi connectivity index (χ4v) is 2.72. The highest BCUT2D eigenvalue weighted by Gasteiger charge is 2.31. The summed E-state index contributed by atoms with van der Waals surface area (Å²) in [4.78, 5) is 14.5. The number of aryl methyl sites for hydroxylation is 2. The van der Waals surface area contributed by atoms with Gasteiger partial charge in [0.15, 0.2) is 0 Å². The average molecular weight is 250 g/mol. The average Bonchev–Trinajstić information content (AvgIpc) is 2.67. The first-order valence-electron chi connectivity index (χ1n) is 6.57. The van der Waals surface area contributed by atoms with Crippen LogP contribution in [0.25, 0.3) is 0 Å². The fourth-order valence-electron chi connectivity index (χ4n) is 2.72. The Morgan fingerprint density at radius 2 is 2.28 bits per heavy atom. The molecule has 2 heterocycles. The summed E-state index contributed by atoms with van der Waals surface area (Å²) in [6.45, 7) is 4.66. The van der Waals surface area contributed by atoms with Crippen molar-refractivity contribution in [1.82, 2.24) is 14.7 Å². The van der Waals surface area contributed by atoms with E-state index in [-0.39, 0.29) is 18.0 Å². The maximum absolute atomic E-state index is 12.6. The molecule has 1 aromatic heterocycles. The van der Waals surface area contributed by atoms with Crippen LogP contribution in [0.15, 0.2) is 6.20 Å². The Morgan fingerprint density at radius 1 is 1.56 bits per heavy atom. The second kappa shape index (κ2) is 5.10. The lowest BCUT2D eigenvalue weighted by atomic mass is 9.96. The number of carbonyl (C=O) groups is 1. The van der Waals surface area contributed by atoms with E-state index < -0.39 is 0 Å². The van der Waals surface area contributed by atoms with Crippen molar-refractivity contribution in [2.45, 2.75) is 45.2 Å². The quantitative estimate of drug-likeness (QED) is 0.854. The van der Waals surface area contributed by atoms with E-state index in [1.54, 1.807) is 10.9 Å². The Kier molecular flexibility index (Phi) is 3.71. The number of amides is 1. The van der Waals surface area contributed by atoms with Crippen LogP contribution in [0.1, 0.15) is 42.2 Å². The molecule has 2 unspecified atom stereocenters. The summed E-state index contributed by atoms with van der Waals surface area (Å²) in [5, 5.41) is 4.23. The topological polar surface area (TPSA) is 64.2 Å². The van der Waals surface area contributed by atoms with E-state index in [4.69, 9.17) is 5.73 Å². The van der Waals surface area contributed by atoms with Gasteiger partial charge in [-0.25, -0.2) is 0 Å². The molecule has 1 amide bonds. The van der Waals surface area contributed by atoms with Crippen LogP contribution in [-0.2, 0) is 7.05 Å². The van der Waals surface area contributed by atoms with E-state index in [1.165, 1.54) is 0 Å². The maximum atomic E-state index is 12.6. The summed E-state index contributed by atoms with van der Waals surface area (Å²) in [6.07, 6.45) is 5.02. The summed E-state index contributed by atoms with van der Waals surface area (Å²) < 4.78 is 1.69.